The molecule has 1 atom stereocenters. The minimum atomic E-state index is -0.806. The van der Waals surface area contributed by atoms with E-state index in [0.717, 1.165) is 12.0 Å². The molecule has 136 valence electrons. The minimum absolute atomic E-state index is 0.0389. The lowest BCUT2D eigenvalue weighted by Gasteiger charge is -2.26. The topological polar surface area (TPSA) is 58.6 Å². The van der Waals surface area contributed by atoms with Gasteiger partial charge in [-0.3, -0.25) is 4.79 Å². The number of rotatable bonds is 3. The number of amides is 2. The van der Waals surface area contributed by atoms with E-state index in [-0.39, 0.29) is 17.6 Å². The highest BCUT2D eigenvalue weighted by Crippen LogP contribution is 2.39. The molecule has 1 saturated carbocycles. The number of ether oxygens (including phenoxy) is 1. The highest BCUT2D eigenvalue weighted by molar-refractivity contribution is 5.93. The van der Waals surface area contributed by atoms with E-state index in [4.69, 9.17) is 4.74 Å². The molecule has 3 rings (SSSR count). The van der Waals surface area contributed by atoms with Gasteiger partial charge in [-0.2, -0.15) is 0 Å². The van der Waals surface area contributed by atoms with Crippen LogP contribution in [0.5, 0.6) is 0 Å². The second-order valence-corrected chi connectivity index (χ2v) is 8.00. The van der Waals surface area contributed by atoms with Crippen LogP contribution in [0.2, 0.25) is 0 Å². The standard InChI is InChI=1S/C19H25FN2O3/c1-18(2,3)25-17(24)21-19(9-10-19)16(23)22-11-8-14(12-22)13-4-6-15(20)7-5-13/h4-7,14H,8-12H2,1-3H3,(H,21,24). The molecule has 1 aliphatic carbocycles. The van der Waals surface area contributed by atoms with Crippen LogP contribution in [-0.4, -0.2) is 41.1 Å². The van der Waals surface area contributed by atoms with Crippen LogP contribution >= 0.6 is 0 Å². The van der Waals surface area contributed by atoms with Crippen molar-refractivity contribution < 1.29 is 18.7 Å². The molecular formula is C19H25FN2O3. The Hall–Kier alpha value is -2.11. The monoisotopic (exact) mass is 348 g/mol. The smallest absolute Gasteiger partial charge is 0.408 e. The fourth-order valence-electron chi connectivity index (χ4n) is 3.27. The van der Waals surface area contributed by atoms with Crippen LogP contribution in [0.15, 0.2) is 24.3 Å². The second-order valence-electron chi connectivity index (χ2n) is 8.00. The summed E-state index contributed by atoms with van der Waals surface area (Å²) in [6.07, 6.45) is 1.58. The minimum Gasteiger partial charge on any atom is -0.444 e. The molecule has 1 saturated heterocycles. The van der Waals surface area contributed by atoms with E-state index in [9.17, 15) is 14.0 Å². The van der Waals surface area contributed by atoms with Gasteiger partial charge in [-0.25, -0.2) is 9.18 Å². The van der Waals surface area contributed by atoms with Crippen molar-refractivity contribution in [2.24, 2.45) is 0 Å². The van der Waals surface area contributed by atoms with Crippen molar-refractivity contribution in [2.75, 3.05) is 13.1 Å². The Morgan fingerprint density at radius 3 is 2.44 bits per heavy atom. The maximum absolute atomic E-state index is 13.1. The first-order valence-electron chi connectivity index (χ1n) is 8.75. The van der Waals surface area contributed by atoms with E-state index < -0.39 is 17.2 Å². The largest absolute Gasteiger partial charge is 0.444 e. The first-order valence-corrected chi connectivity index (χ1v) is 8.75. The fourth-order valence-corrected chi connectivity index (χ4v) is 3.27. The maximum atomic E-state index is 13.1. The van der Waals surface area contributed by atoms with Crippen molar-refractivity contribution in [3.63, 3.8) is 0 Å². The Kier molecular flexibility index (Phi) is 4.47. The molecule has 1 N–H and O–H groups in total. The van der Waals surface area contributed by atoms with Gasteiger partial charge in [0, 0.05) is 19.0 Å². The zero-order valence-electron chi connectivity index (χ0n) is 15.0. The molecule has 0 aromatic heterocycles. The molecule has 1 aromatic carbocycles. The highest BCUT2D eigenvalue weighted by Gasteiger charge is 2.54. The van der Waals surface area contributed by atoms with Gasteiger partial charge in [-0.15, -0.1) is 0 Å². The molecule has 2 fully saturated rings. The van der Waals surface area contributed by atoms with Gasteiger partial charge in [0.2, 0.25) is 5.91 Å². The fraction of sp³-hybridized carbons (Fsp3) is 0.579. The predicted molar refractivity (Wildman–Crippen MR) is 91.7 cm³/mol. The van der Waals surface area contributed by atoms with Gasteiger partial charge in [0.25, 0.3) is 0 Å². The Balaban J connectivity index is 1.60. The molecule has 1 heterocycles. The lowest BCUT2D eigenvalue weighted by Crippen LogP contribution is -2.51. The number of carbonyl (C=O) groups excluding carboxylic acids is 2. The summed E-state index contributed by atoms with van der Waals surface area (Å²) in [7, 11) is 0. The number of likely N-dealkylation sites (tertiary alicyclic amines) is 1. The maximum Gasteiger partial charge on any atom is 0.408 e. The summed E-state index contributed by atoms with van der Waals surface area (Å²) in [5.74, 6) is -0.0852. The number of nitrogens with one attached hydrogen (secondary N) is 1. The molecule has 2 amide bonds. The third-order valence-corrected chi connectivity index (χ3v) is 4.72. The van der Waals surface area contributed by atoms with Crippen molar-refractivity contribution >= 4 is 12.0 Å². The van der Waals surface area contributed by atoms with Crippen molar-refractivity contribution in [3.8, 4) is 0 Å². The molecule has 6 heteroatoms. The molecule has 2 aliphatic rings. The highest BCUT2D eigenvalue weighted by atomic mass is 19.1. The van der Waals surface area contributed by atoms with Crippen molar-refractivity contribution in [1.29, 1.82) is 0 Å². The normalized spacial score (nSPS) is 21.8. The lowest BCUT2D eigenvalue weighted by molar-refractivity contribution is -0.133. The van der Waals surface area contributed by atoms with Gasteiger partial charge in [-0.05, 0) is 57.7 Å². The SMILES string of the molecule is CC(C)(C)OC(=O)NC1(C(=O)N2CCC(c3ccc(F)cc3)C2)CC1. The predicted octanol–water partition coefficient (Wildman–Crippen LogP) is 3.20. The first-order chi connectivity index (χ1) is 11.7. The average molecular weight is 348 g/mol. The number of hydrogen-bond donors (Lipinski definition) is 1. The summed E-state index contributed by atoms with van der Waals surface area (Å²) in [5.41, 5.74) is -0.355. The summed E-state index contributed by atoms with van der Waals surface area (Å²) in [5, 5.41) is 2.76. The Morgan fingerprint density at radius 2 is 1.88 bits per heavy atom. The van der Waals surface area contributed by atoms with Gasteiger partial charge < -0.3 is 15.0 Å². The molecule has 25 heavy (non-hydrogen) atoms. The van der Waals surface area contributed by atoms with Gasteiger partial charge in [0.15, 0.2) is 0 Å². The van der Waals surface area contributed by atoms with Crippen molar-refractivity contribution in [1.82, 2.24) is 10.2 Å². The third-order valence-electron chi connectivity index (χ3n) is 4.72. The van der Waals surface area contributed by atoms with Crippen LogP contribution in [0.4, 0.5) is 9.18 Å². The summed E-state index contributed by atoms with van der Waals surface area (Å²) in [6.45, 7) is 6.63. The summed E-state index contributed by atoms with van der Waals surface area (Å²) in [4.78, 5) is 26.7. The zero-order valence-corrected chi connectivity index (χ0v) is 15.0. The van der Waals surface area contributed by atoms with Gasteiger partial charge >= 0.3 is 6.09 Å². The van der Waals surface area contributed by atoms with E-state index >= 15 is 0 Å². The number of carbonyl (C=O) groups is 2. The molecule has 1 unspecified atom stereocenters. The van der Waals surface area contributed by atoms with E-state index in [0.29, 0.717) is 25.9 Å². The summed E-state index contributed by atoms with van der Waals surface area (Å²) < 4.78 is 18.3. The molecule has 0 radical (unpaired) electrons. The number of halogens is 1. The van der Waals surface area contributed by atoms with Crippen molar-refractivity contribution in [3.05, 3.63) is 35.6 Å². The summed E-state index contributed by atoms with van der Waals surface area (Å²) in [6, 6.07) is 6.46. The van der Waals surface area contributed by atoms with Crippen LogP contribution in [0.25, 0.3) is 0 Å². The molecule has 0 bridgehead atoms. The summed E-state index contributed by atoms with van der Waals surface area (Å²) >= 11 is 0. The van der Waals surface area contributed by atoms with E-state index in [2.05, 4.69) is 5.32 Å². The molecular weight excluding hydrogens is 323 g/mol. The van der Waals surface area contributed by atoms with Gasteiger partial charge in [0.1, 0.15) is 17.0 Å². The quantitative estimate of drug-likeness (QED) is 0.913. The van der Waals surface area contributed by atoms with Gasteiger partial charge in [-0.1, -0.05) is 12.1 Å². The van der Waals surface area contributed by atoms with Crippen LogP contribution in [-0.2, 0) is 9.53 Å². The second kappa shape index (κ2) is 6.32. The van der Waals surface area contributed by atoms with Crippen molar-refractivity contribution in [2.45, 2.75) is 57.1 Å². The Bertz CT molecular complexity index is 662. The van der Waals surface area contributed by atoms with Crippen LogP contribution < -0.4 is 5.32 Å². The van der Waals surface area contributed by atoms with E-state index in [1.54, 1.807) is 37.8 Å². The zero-order chi connectivity index (χ0) is 18.2. The van der Waals surface area contributed by atoms with E-state index in [1.807, 2.05) is 0 Å². The number of benzene rings is 1. The lowest BCUT2D eigenvalue weighted by atomic mass is 9.98. The number of nitrogens with zero attached hydrogens (tertiary/aromatic N) is 1. The van der Waals surface area contributed by atoms with E-state index in [1.165, 1.54) is 12.1 Å². The Labute approximate surface area is 147 Å². The first kappa shape index (κ1) is 17.7. The third kappa shape index (κ3) is 4.11. The molecule has 5 nitrogen and oxygen atoms in total. The van der Waals surface area contributed by atoms with Crippen LogP contribution in [0.1, 0.15) is 51.5 Å². The molecule has 1 aromatic rings. The van der Waals surface area contributed by atoms with Crippen LogP contribution in [0, 0.1) is 5.82 Å². The Morgan fingerprint density at radius 1 is 1.24 bits per heavy atom. The number of alkyl carbamates (subject to hydrolysis) is 1. The molecule has 1 aliphatic heterocycles. The van der Waals surface area contributed by atoms with Crippen LogP contribution in [0.3, 0.4) is 0 Å². The van der Waals surface area contributed by atoms with Gasteiger partial charge in [0.05, 0.1) is 0 Å². The average Bonchev–Trinajstić information content (AvgIpc) is 3.11. The molecule has 0 spiro atoms. The number of hydrogen-bond acceptors (Lipinski definition) is 3.